The molecule has 1 heterocycles. The number of hydrogen-bond donors (Lipinski definition) is 1. The quantitative estimate of drug-likeness (QED) is 0.628. The Morgan fingerprint density at radius 1 is 1.17 bits per heavy atom. The van der Waals surface area contributed by atoms with E-state index in [9.17, 15) is 13.2 Å². The van der Waals surface area contributed by atoms with Crippen LogP contribution in [0.2, 0.25) is 10.0 Å². The molecule has 0 saturated heterocycles. The monoisotopic (exact) mass is 392 g/mol. The largest absolute Gasteiger partial charge is 0.405 e. The van der Waals surface area contributed by atoms with Gasteiger partial charge in [-0.25, -0.2) is 0 Å². The number of pyridine rings is 1. The standard InChI is InChI=1S/C16H13Cl2F3N2S/c1-10(22-9-16(19,20)21)13-6-2-4-11(23-13)8-24-14-7-3-5-12(17)15(14)18/h2-7,22H,1,8-9H2. The van der Waals surface area contributed by atoms with Gasteiger partial charge in [0.2, 0.25) is 0 Å². The summed E-state index contributed by atoms with van der Waals surface area (Å²) in [6.45, 7) is 2.45. The van der Waals surface area contributed by atoms with Gasteiger partial charge in [0.15, 0.2) is 0 Å². The summed E-state index contributed by atoms with van der Waals surface area (Å²) < 4.78 is 36.7. The van der Waals surface area contributed by atoms with Crippen molar-refractivity contribution in [2.24, 2.45) is 0 Å². The molecular weight excluding hydrogens is 380 g/mol. The Labute approximate surface area is 152 Å². The highest BCUT2D eigenvalue weighted by Gasteiger charge is 2.26. The summed E-state index contributed by atoms with van der Waals surface area (Å²) in [5.41, 5.74) is 1.19. The predicted octanol–water partition coefficient (Wildman–Crippen LogP) is 5.80. The van der Waals surface area contributed by atoms with Gasteiger partial charge in [-0.2, -0.15) is 13.2 Å². The highest BCUT2D eigenvalue weighted by molar-refractivity contribution is 7.98. The first-order chi connectivity index (χ1) is 11.3. The Morgan fingerprint density at radius 3 is 2.58 bits per heavy atom. The Kier molecular flexibility index (Phi) is 6.43. The first-order valence-corrected chi connectivity index (χ1v) is 8.53. The number of nitrogens with zero attached hydrogens (tertiary/aromatic N) is 1. The average Bonchev–Trinajstić information content (AvgIpc) is 2.53. The summed E-state index contributed by atoms with van der Waals surface area (Å²) >= 11 is 13.5. The van der Waals surface area contributed by atoms with Crippen LogP contribution in [0.4, 0.5) is 13.2 Å². The Balaban J connectivity index is 2.02. The molecule has 0 radical (unpaired) electrons. The summed E-state index contributed by atoms with van der Waals surface area (Å²) in [7, 11) is 0. The first-order valence-electron chi connectivity index (χ1n) is 6.79. The molecule has 1 N–H and O–H groups in total. The van der Waals surface area contributed by atoms with Crippen molar-refractivity contribution >= 4 is 40.7 Å². The third-order valence-corrected chi connectivity index (χ3v) is 4.93. The number of aromatic nitrogens is 1. The SMILES string of the molecule is C=C(NCC(F)(F)F)c1cccc(CSc2cccc(Cl)c2Cl)n1. The molecule has 128 valence electrons. The topological polar surface area (TPSA) is 24.9 Å². The van der Waals surface area contributed by atoms with Gasteiger partial charge in [0.25, 0.3) is 0 Å². The van der Waals surface area contributed by atoms with Crippen molar-refractivity contribution in [3.63, 3.8) is 0 Å². The van der Waals surface area contributed by atoms with Gasteiger partial charge < -0.3 is 5.32 Å². The van der Waals surface area contributed by atoms with Crippen molar-refractivity contribution in [3.8, 4) is 0 Å². The van der Waals surface area contributed by atoms with Crippen LogP contribution in [0.3, 0.4) is 0 Å². The minimum absolute atomic E-state index is 0.125. The van der Waals surface area contributed by atoms with Crippen LogP contribution >= 0.6 is 35.0 Å². The van der Waals surface area contributed by atoms with E-state index >= 15 is 0 Å². The van der Waals surface area contributed by atoms with Gasteiger partial charge in [0.1, 0.15) is 6.54 Å². The summed E-state index contributed by atoms with van der Waals surface area (Å²) in [5.74, 6) is 0.500. The number of benzene rings is 1. The van der Waals surface area contributed by atoms with E-state index in [0.717, 1.165) is 4.90 Å². The molecule has 0 aliphatic carbocycles. The smallest absolute Gasteiger partial charge is 0.375 e. The summed E-state index contributed by atoms with van der Waals surface area (Å²) in [4.78, 5) is 5.12. The number of rotatable bonds is 6. The zero-order chi connectivity index (χ0) is 17.7. The number of thioether (sulfide) groups is 1. The van der Waals surface area contributed by atoms with Crippen molar-refractivity contribution < 1.29 is 13.2 Å². The Bertz CT molecular complexity index is 736. The minimum atomic E-state index is -4.31. The zero-order valence-corrected chi connectivity index (χ0v) is 14.7. The lowest BCUT2D eigenvalue weighted by Gasteiger charge is -2.12. The fraction of sp³-hybridized carbons (Fsp3) is 0.188. The van der Waals surface area contributed by atoms with Crippen molar-refractivity contribution in [2.75, 3.05) is 6.54 Å². The molecule has 24 heavy (non-hydrogen) atoms. The second kappa shape index (κ2) is 8.14. The van der Waals surface area contributed by atoms with Gasteiger partial charge in [-0.1, -0.05) is 41.9 Å². The van der Waals surface area contributed by atoms with Crippen molar-refractivity contribution in [3.05, 3.63) is 64.4 Å². The molecule has 0 aliphatic rings. The van der Waals surface area contributed by atoms with Crippen LogP contribution in [-0.4, -0.2) is 17.7 Å². The highest BCUT2D eigenvalue weighted by atomic mass is 35.5. The van der Waals surface area contributed by atoms with Gasteiger partial charge in [0, 0.05) is 10.6 Å². The molecule has 0 bridgehead atoms. The highest BCUT2D eigenvalue weighted by Crippen LogP contribution is 2.34. The maximum Gasteiger partial charge on any atom is 0.405 e. The first kappa shape index (κ1) is 19.0. The molecule has 1 aromatic carbocycles. The van der Waals surface area contributed by atoms with Crippen LogP contribution < -0.4 is 5.32 Å². The van der Waals surface area contributed by atoms with E-state index in [0.29, 0.717) is 27.2 Å². The normalized spacial score (nSPS) is 11.4. The molecule has 0 saturated carbocycles. The van der Waals surface area contributed by atoms with Crippen molar-refractivity contribution in [1.29, 1.82) is 0 Å². The van der Waals surface area contributed by atoms with E-state index in [1.807, 2.05) is 6.07 Å². The van der Waals surface area contributed by atoms with Gasteiger partial charge in [-0.15, -0.1) is 11.8 Å². The fourth-order valence-electron chi connectivity index (χ4n) is 1.77. The molecule has 0 spiro atoms. The van der Waals surface area contributed by atoms with Crippen molar-refractivity contribution in [1.82, 2.24) is 10.3 Å². The van der Waals surface area contributed by atoms with Gasteiger partial charge in [-0.3, -0.25) is 4.98 Å². The summed E-state index contributed by atoms with van der Waals surface area (Å²) in [6.07, 6.45) is -4.31. The molecule has 8 heteroatoms. The summed E-state index contributed by atoms with van der Waals surface area (Å²) in [6, 6.07) is 10.4. The van der Waals surface area contributed by atoms with E-state index in [2.05, 4.69) is 16.9 Å². The lowest BCUT2D eigenvalue weighted by atomic mass is 10.2. The van der Waals surface area contributed by atoms with Gasteiger partial charge >= 0.3 is 6.18 Å². The van der Waals surface area contributed by atoms with E-state index in [-0.39, 0.29) is 5.70 Å². The fourth-order valence-corrected chi connectivity index (χ4v) is 3.17. The maximum atomic E-state index is 12.2. The van der Waals surface area contributed by atoms with E-state index < -0.39 is 12.7 Å². The van der Waals surface area contributed by atoms with E-state index in [4.69, 9.17) is 23.2 Å². The molecule has 0 aliphatic heterocycles. The molecule has 2 nitrogen and oxygen atoms in total. The zero-order valence-electron chi connectivity index (χ0n) is 12.3. The third kappa shape index (κ3) is 5.61. The predicted molar refractivity (Wildman–Crippen MR) is 93.4 cm³/mol. The van der Waals surface area contributed by atoms with Crippen molar-refractivity contribution in [2.45, 2.75) is 16.8 Å². The van der Waals surface area contributed by atoms with Crippen LogP contribution in [0.25, 0.3) is 5.70 Å². The number of hydrogen-bond acceptors (Lipinski definition) is 3. The average molecular weight is 393 g/mol. The van der Waals surface area contributed by atoms with Crippen LogP contribution in [-0.2, 0) is 5.75 Å². The van der Waals surface area contributed by atoms with E-state index in [1.165, 1.54) is 11.8 Å². The van der Waals surface area contributed by atoms with Crippen LogP contribution in [0.15, 0.2) is 47.9 Å². The van der Waals surface area contributed by atoms with Gasteiger partial charge in [-0.05, 0) is 24.3 Å². The second-order valence-corrected chi connectivity index (χ2v) is 6.60. The van der Waals surface area contributed by atoms with Crippen LogP contribution in [0, 0.1) is 0 Å². The third-order valence-electron chi connectivity index (χ3n) is 2.91. The minimum Gasteiger partial charge on any atom is -0.375 e. The van der Waals surface area contributed by atoms with Gasteiger partial charge in [0.05, 0.1) is 27.1 Å². The molecule has 0 fully saturated rings. The van der Waals surface area contributed by atoms with Crippen LogP contribution in [0.1, 0.15) is 11.4 Å². The molecule has 2 aromatic rings. The molecule has 0 amide bonds. The Morgan fingerprint density at radius 2 is 1.88 bits per heavy atom. The molecule has 0 unspecified atom stereocenters. The molecule has 1 aromatic heterocycles. The summed E-state index contributed by atoms with van der Waals surface area (Å²) in [5, 5.41) is 3.16. The molecule has 0 atom stereocenters. The lowest BCUT2D eigenvalue weighted by Crippen LogP contribution is -2.27. The number of alkyl halides is 3. The Hall–Kier alpha value is -1.37. The second-order valence-electron chi connectivity index (χ2n) is 4.80. The van der Waals surface area contributed by atoms with E-state index in [1.54, 1.807) is 30.3 Å². The lowest BCUT2D eigenvalue weighted by molar-refractivity contribution is -0.122. The number of nitrogens with one attached hydrogen (secondary N) is 1. The molecular formula is C16H13Cl2F3N2S. The molecule has 2 rings (SSSR count). The van der Waals surface area contributed by atoms with Crippen LogP contribution in [0.5, 0.6) is 0 Å². The number of halogens is 5. The maximum absolute atomic E-state index is 12.2.